The molecular weight excluding hydrogens is 387 g/mol. The maximum Gasteiger partial charge on any atom is 0.338 e. The molecule has 0 aliphatic rings. The van der Waals surface area contributed by atoms with E-state index in [9.17, 15) is 9.59 Å². The third-order valence-electron chi connectivity index (χ3n) is 4.21. The fraction of sp³-hybridized carbons (Fsp3) is 0.200. The van der Waals surface area contributed by atoms with Crippen molar-refractivity contribution < 1.29 is 9.53 Å². The number of aromatic nitrogens is 2. The van der Waals surface area contributed by atoms with Crippen LogP contribution in [0.5, 0.6) is 0 Å². The average Bonchev–Trinajstić information content (AvgIpc) is 3.02. The molecule has 3 aromatic rings. The lowest BCUT2D eigenvalue weighted by molar-refractivity contribution is 0.0526. The van der Waals surface area contributed by atoms with Crippen molar-refractivity contribution in [1.82, 2.24) is 9.78 Å². The van der Waals surface area contributed by atoms with Crippen molar-refractivity contribution in [3.05, 3.63) is 80.1 Å². The number of carbonyl (C=O) groups excluding carboxylic acids is 1. The molecule has 0 bridgehead atoms. The molecule has 0 saturated carbocycles. The standard InChI is InChI=1S/C20H18Cl2N2O3/c1-3-27-20(26)14-6-4-13(5-7-14)12(2)24-19(25)11-18(23-24)15-8-16(21)10-17(22)9-15/h4-12,23H,3H2,1-2H3/t12-/m0/s1. The molecule has 1 heterocycles. The van der Waals surface area contributed by atoms with E-state index in [0.717, 1.165) is 11.1 Å². The maximum absolute atomic E-state index is 12.4. The number of H-pyrrole nitrogens is 1. The highest BCUT2D eigenvalue weighted by molar-refractivity contribution is 6.35. The monoisotopic (exact) mass is 404 g/mol. The van der Waals surface area contributed by atoms with Crippen molar-refractivity contribution in [3.8, 4) is 11.3 Å². The summed E-state index contributed by atoms with van der Waals surface area (Å²) in [6.07, 6.45) is 0. The summed E-state index contributed by atoms with van der Waals surface area (Å²) in [4.78, 5) is 24.2. The number of carbonyl (C=O) groups is 1. The Morgan fingerprint density at radius 3 is 2.33 bits per heavy atom. The zero-order valence-corrected chi connectivity index (χ0v) is 16.3. The van der Waals surface area contributed by atoms with Gasteiger partial charge in [0.05, 0.1) is 23.9 Å². The molecule has 0 amide bonds. The first-order chi connectivity index (χ1) is 12.9. The van der Waals surface area contributed by atoms with E-state index in [1.54, 1.807) is 49.4 Å². The minimum atomic E-state index is -0.367. The van der Waals surface area contributed by atoms with Crippen molar-refractivity contribution in [2.75, 3.05) is 6.61 Å². The maximum atomic E-state index is 12.4. The molecule has 0 saturated heterocycles. The second-order valence-corrected chi connectivity index (χ2v) is 6.93. The number of hydrogen-bond donors (Lipinski definition) is 1. The Hall–Kier alpha value is -2.50. The van der Waals surface area contributed by atoms with Gasteiger partial charge in [-0.25, -0.2) is 9.48 Å². The van der Waals surface area contributed by atoms with E-state index in [4.69, 9.17) is 27.9 Å². The van der Waals surface area contributed by atoms with E-state index in [-0.39, 0.29) is 17.6 Å². The first-order valence-corrected chi connectivity index (χ1v) is 9.19. The van der Waals surface area contributed by atoms with Gasteiger partial charge in [0.1, 0.15) is 0 Å². The molecule has 7 heteroatoms. The summed E-state index contributed by atoms with van der Waals surface area (Å²) >= 11 is 12.1. The van der Waals surface area contributed by atoms with Crippen LogP contribution in [-0.2, 0) is 4.74 Å². The third kappa shape index (κ3) is 4.26. The van der Waals surface area contributed by atoms with Crippen LogP contribution in [0.1, 0.15) is 35.8 Å². The van der Waals surface area contributed by atoms with E-state index < -0.39 is 0 Å². The summed E-state index contributed by atoms with van der Waals surface area (Å²) in [5.41, 5.74) is 2.53. The van der Waals surface area contributed by atoms with Crippen molar-refractivity contribution in [2.24, 2.45) is 0 Å². The number of aromatic amines is 1. The Morgan fingerprint density at radius 2 is 1.74 bits per heavy atom. The third-order valence-corrected chi connectivity index (χ3v) is 4.65. The summed E-state index contributed by atoms with van der Waals surface area (Å²) in [6.45, 7) is 3.98. The van der Waals surface area contributed by atoms with E-state index in [1.165, 1.54) is 10.7 Å². The van der Waals surface area contributed by atoms with E-state index >= 15 is 0 Å². The SMILES string of the molecule is CCOC(=O)c1ccc([C@H](C)n2[nH]c(-c3cc(Cl)cc(Cl)c3)cc2=O)cc1. The second-order valence-electron chi connectivity index (χ2n) is 6.05. The molecule has 1 atom stereocenters. The summed E-state index contributed by atoms with van der Waals surface area (Å²) in [7, 11) is 0. The minimum absolute atomic E-state index is 0.178. The molecule has 3 rings (SSSR count). The van der Waals surface area contributed by atoms with Crippen molar-refractivity contribution >= 4 is 29.2 Å². The van der Waals surface area contributed by atoms with Crippen molar-refractivity contribution in [1.29, 1.82) is 0 Å². The van der Waals surface area contributed by atoms with Crippen molar-refractivity contribution in [3.63, 3.8) is 0 Å². The van der Waals surface area contributed by atoms with Crippen LogP contribution in [0.4, 0.5) is 0 Å². The zero-order chi connectivity index (χ0) is 19.6. The molecule has 0 aliphatic carbocycles. The van der Waals surface area contributed by atoms with Gasteiger partial charge in [-0.3, -0.25) is 9.89 Å². The van der Waals surface area contributed by atoms with Gasteiger partial charge in [-0.15, -0.1) is 0 Å². The largest absolute Gasteiger partial charge is 0.462 e. The Labute approximate surface area is 166 Å². The van der Waals surface area contributed by atoms with E-state index in [1.807, 2.05) is 6.92 Å². The Bertz CT molecular complexity index is 1000. The fourth-order valence-electron chi connectivity index (χ4n) is 2.82. The highest BCUT2D eigenvalue weighted by atomic mass is 35.5. The lowest BCUT2D eigenvalue weighted by Crippen LogP contribution is -2.20. The molecule has 0 radical (unpaired) electrons. The molecule has 0 fully saturated rings. The predicted molar refractivity (Wildman–Crippen MR) is 107 cm³/mol. The van der Waals surface area contributed by atoms with Crippen LogP contribution in [0.2, 0.25) is 10.0 Å². The molecule has 5 nitrogen and oxygen atoms in total. The molecule has 0 aliphatic heterocycles. The van der Waals surface area contributed by atoms with Crippen LogP contribution in [0, 0.1) is 0 Å². The number of hydrogen-bond acceptors (Lipinski definition) is 3. The highest BCUT2D eigenvalue weighted by Gasteiger charge is 2.15. The Morgan fingerprint density at radius 1 is 1.11 bits per heavy atom. The number of halogens is 2. The molecule has 0 spiro atoms. The van der Waals surface area contributed by atoms with Crippen LogP contribution in [0.15, 0.2) is 53.3 Å². The van der Waals surface area contributed by atoms with Crippen LogP contribution >= 0.6 is 23.2 Å². The number of benzene rings is 2. The van der Waals surface area contributed by atoms with Gasteiger partial charge in [-0.1, -0.05) is 35.3 Å². The number of ether oxygens (including phenoxy) is 1. The summed E-state index contributed by atoms with van der Waals surface area (Å²) in [6, 6.07) is 13.4. The highest BCUT2D eigenvalue weighted by Crippen LogP contribution is 2.26. The van der Waals surface area contributed by atoms with Gasteiger partial charge in [-0.2, -0.15) is 0 Å². The minimum Gasteiger partial charge on any atom is -0.462 e. The smallest absolute Gasteiger partial charge is 0.338 e. The van der Waals surface area contributed by atoms with Gasteiger partial charge in [-0.05, 0) is 49.7 Å². The topological polar surface area (TPSA) is 64.1 Å². The van der Waals surface area contributed by atoms with E-state index in [2.05, 4.69) is 5.10 Å². The number of nitrogens with one attached hydrogen (secondary N) is 1. The Balaban J connectivity index is 1.89. The summed E-state index contributed by atoms with van der Waals surface area (Å²) in [5.74, 6) is -0.367. The Kier molecular flexibility index (Phi) is 5.73. The van der Waals surface area contributed by atoms with Gasteiger partial charge in [0.25, 0.3) is 5.56 Å². The van der Waals surface area contributed by atoms with E-state index in [0.29, 0.717) is 27.9 Å². The van der Waals surface area contributed by atoms with Crippen LogP contribution in [0.25, 0.3) is 11.3 Å². The van der Waals surface area contributed by atoms with Gasteiger partial charge >= 0.3 is 5.97 Å². The molecule has 2 aromatic carbocycles. The molecule has 0 unspecified atom stereocenters. The van der Waals surface area contributed by atoms with Crippen LogP contribution in [-0.4, -0.2) is 22.4 Å². The number of rotatable bonds is 5. The predicted octanol–water partition coefficient (Wildman–Crippen LogP) is 4.94. The first kappa shape index (κ1) is 19.3. The quantitative estimate of drug-likeness (QED) is 0.612. The van der Waals surface area contributed by atoms with Crippen LogP contribution in [0.3, 0.4) is 0 Å². The second kappa shape index (κ2) is 8.03. The van der Waals surface area contributed by atoms with Gasteiger partial charge < -0.3 is 4.74 Å². The van der Waals surface area contributed by atoms with Crippen LogP contribution < -0.4 is 5.56 Å². The molecular formula is C20H18Cl2N2O3. The fourth-order valence-corrected chi connectivity index (χ4v) is 3.34. The molecule has 140 valence electrons. The molecule has 1 aromatic heterocycles. The number of nitrogens with zero attached hydrogens (tertiary/aromatic N) is 1. The van der Waals surface area contributed by atoms with Gasteiger partial charge in [0, 0.05) is 21.7 Å². The summed E-state index contributed by atoms with van der Waals surface area (Å²) in [5, 5.41) is 4.09. The molecule has 1 N–H and O–H groups in total. The number of esters is 1. The molecule has 27 heavy (non-hydrogen) atoms. The van der Waals surface area contributed by atoms with Gasteiger partial charge in [0.2, 0.25) is 0 Å². The van der Waals surface area contributed by atoms with Gasteiger partial charge in [0.15, 0.2) is 0 Å². The normalized spacial score (nSPS) is 12.0. The lowest BCUT2D eigenvalue weighted by Gasteiger charge is -2.13. The zero-order valence-electron chi connectivity index (χ0n) is 14.8. The lowest BCUT2D eigenvalue weighted by atomic mass is 10.1. The first-order valence-electron chi connectivity index (χ1n) is 8.44. The average molecular weight is 405 g/mol. The van der Waals surface area contributed by atoms with Crippen molar-refractivity contribution in [2.45, 2.75) is 19.9 Å². The summed E-state index contributed by atoms with van der Waals surface area (Å²) < 4.78 is 6.50.